The lowest BCUT2D eigenvalue weighted by Gasteiger charge is -2.06. The molecule has 1 N–H and O–H groups in total. The largest absolute Gasteiger partial charge is 0.494 e. The lowest BCUT2D eigenvalue weighted by molar-refractivity contribution is 0.0599. The van der Waals surface area contributed by atoms with Gasteiger partial charge in [-0.3, -0.25) is 0 Å². The van der Waals surface area contributed by atoms with Gasteiger partial charge in [0.15, 0.2) is 0 Å². The number of methoxy groups -OCH3 is 1. The second-order valence-electron chi connectivity index (χ2n) is 5.12. The minimum atomic E-state index is -0.554. The first kappa shape index (κ1) is 17.6. The van der Waals surface area contributed by atoms with E-state index in [0.29, 0.717) is 41.3 Å². The molecular formula is C18H21NO5. The maximum absolute atomic E-state index is 12.4. The molecule has 0 unspecified atom stereocenters. The van der Waals surface area contributed by atoms with E-state index < -0.39 is 11.9 Å². The van der Waals surface area contributed by atoms with E-state index in [1.165, 1.54) is 7.11 Å². The number of carbonyl (C=O) groups excluding carboxylic acids is 2. The van der Waals surface area contributed by atoms with Crippen molar-refractivity contribution in [1.29, 1.82) is 0 Å². The molecule has 0 radical (unpaired) electrons. The number of H-pyrrole nitrogens is 1. The smallest absolute Gasteiger partial charge is 0.360 e. The third kappa shape index (κ3) is 3.59. The zero-order chi connectivity index (χ0) is 17.7. The van der Waals surface area contributed by atoms with E-state index in [-0.39, 0.29) is 5.69 Å². The number of esters is 2. The Hall–Kier alpha value is -2.76. The first-order chi connectivity index (χ1) is 11.5. The van der Waals surface area contributed by atoms with Crippen molar-refractivity contribution in [1.82, 2.24) is 4.98 Å². The summed E-state index contributed by atoms with van der Waals surface area (Å²) in [5, 5.41) is 0. The molecule has 6 nitrogen and oxygen atoms in total. The number of hydrogen-bond donors (Lipinski definition) is 1. The Morgan fingerprint density at radius 2 is 1.67 bits per heavy atom. The van der Waals surface area contributed by atoms with Crippen LogP contribution in [0, 0.1) is 6.92 Å². The van der Waals surface area contributed by atoms with E-state index in [1.807, 2.05) is 13.8 Å². The predicted octanol–water partition coefficient (Wildman–Crippen LogP) is 3.29. The fourth-order valence-corrected chi connectivity index (χ4v) is 2.43. The number of aromatic nitrogens is 1. The van der Waals surface area contributed by atoms with Crippen molar-refractivity contribution in [2.24, 2.45) is 0 Å². The molecule has 1 aromatic heterocycles. The fourth-order valence-electron chi connectivity index (χ4n) is 2.43. The number of aryl methyl sites for hydroxylation is 1. The Labute approximate surface area is 140 Å². The Morgan fingerprint density at radius 3 is 2.21 bits per heavy atom. The summed E-state index contributed by atoms with van der Waals surface area (Å²) in [6.45, 7) is 6.04. The summed E-state index contributed by atoms with van der Waals surface area (Å²) in [7, 11) is 1.31. The van der Waals surface area contributed by atoms with Crippen LogP contribution in [-0.4, -0.2) is 30.6 Å². The average Bonchev–Trinajstić information content (AvgIpc) is 2.93. The fraction of sp³-hybridized carbons (Fsp3) is 0.333. The lowest BCUT2D eigenvalue weighted by Crippen LogP contribution is -2.11. The molecule has 0 aliphatic rings. The summed E-state index contributed by atoms with van der Waals surface area (Å²) < 4.78 is 15.5. The topological polar surface area (TPSA) is 77.6 Å². The highest BCUT2D eigenvalue weighted by Gasteiger charge is 2.24. The van der Waals surface area contributed by atoms with Gasteiger partial charge in [-0.2, -0.15) is 0 Å². The normalized spacial score (nSPS) is 10.3. The number of nitrogens with one attached hydrogen (secondary N) is 1. The van der Waals surface area contributed by atoms with E-state index in [4.69, 9.17) is 14.2 Å². The van der Waals surface area contributed by atoms with Crippen LogP contribution in [0.15, 0.2) is 24.3 Å². The number of carbonyl (C=O) groups is 2. The molecule has 0 saturated heterocycles. The van der Waals surface area contributed by atoms with Gasteiger partial charge in [0.1, 0.15) is 17.2 Å². The standard InChI is InChI=1S/C18H21NO5/c1-5-14-15(17(20)22-4)11(3)16(19-14)18(21)24-13-9-7-12(8-10-13)23-6-2/h7-10,19H,5-6H2,1-4H3. The van der Waals surface area contributed by atoms with E-state index in [1.54, 1.807) is 31.2 Å². The number of hydrogen-bond acceptors (Lipinski definition) is 5. The van der Waals surface area contributed by atoms with Crippen LogP contribution in [0.25, 0.3) is 0 Å². The van der Waals surface area contributed by atoms with E-state index in [0.717, 1.165) is 0 Å². The minimum absolute atomic E-state index is 0.251. The van der Waals surface area contributed by atoms with Crippen LogP contribution in [0.3, 0.4) is 0 Å². The van der Waals surface area contributed by atoms with Crippen LogP contribution in [0.4, 0.5) is 0 Å². The van der Waals surface area contributed by atoms with Crippen LogP contribution in [0.1, 0.15) is 46.0 Å². The van der Waals surface area contributed by atoms with Gasteiger partial charge in [0, 0.05) is 5.69 Å². The van der Waals surface area contributed by atoms with Crippen LogP contribution >= 0.6 is 0 Å². The molecule has 0 aliphatic heterocycles. The molecule has 1 heterocycles. The molecule has 0 amide bonds. The maximum Gasteiger partial charge on any atom is 0.360 e. The third-order valence-electron chi connectivity index (χ3n) is 3.62. The second-order valence-corrected chi connectivity index (χ2v) is 5.12. The summed E-state index contributed by atoms with van der Waals surface area (Å²) >= 11 is 0. The first-order valence-corrected chi connectivity index (χ1v) is 7.76. The van der Waals surface area contributed by atoms with Gasteiger partial charge in [0.05, 0.1) is 19.3 Å². The van der Waals surface area contributed by atoms with Crippen molar-refractivity contribution in [3.63, 3.8) is 0 Å². The molecular weight excluding hydrogens is 310 g/mol. The van der Waals surface area contributed by atoms with Gasteiger partial charge in [0.25, 0.3) is 0 Å². The Morgan fingerprint density at radius 1 is 1.04 bits per heavy atom. The SMILES string of the molecule is CCOc1ccc(OC(=O)c2[nH]c(CC)c(C(=O)OC)c2C)cc1. The molecule has 2 aromatic rings. The maximum atomic E-state index is 12.4. The Kier molecular flexibility index (Phi) is 5.63. The molecule has 0 spiro atoms. The molecule has 6 heteroatoms. The third-order valence-corrected chi connectivity index (χ3v) is 3.62. The first-order valence-electron chi connectivity index (χ1n) is 7.76. The lowest BCUT2D eigenvalue weighted by atomic mass is 10.1. The predicted molar refractivity (Wildman–Crippen MR) is 88.8 cm³/mol. The summed E-state index contributed by atoms with van der Waals surface area (Å²) in [5.41, 5.74) is 1.81. The molecule has 128 valence electrons. The highest BCUT2D eigenvalue weighted by Crippen LogP contribution is 2.23. The van der Waals surface area contributed by atoms with Crippen LogP contribution in [0.5, 0.6) is 11.5 Å². The quantitative estimate of drug-likeness (QED) is 0.649. The van der Waals surface area contributed by atoms with Crippen molar-refractivity contribution < 1.29 is 23.8 Å². The molecule has 0 bridgehead atoms. The van der Waals surface area contributed by atoms with Crippen molar-refractivity contribution in [3.05, 3.63) is 46.8 Å². The van der Waals surface area contributed by atoms with Crippen LogP contribution < -0.4 is 9.47 Å². The number of aromatic amines is 1. The van der Waals surface area contributed by atoms with Gasteiger partial charge in [0.2, 0.25) is 0 Å². The van der Waals surface area contributed by atoms with Gasteiger partial charge < -0.3 is 19.2 Å². The summed E-state index contributed by atoms with van der Waals surface area (Å²) in [4.78, 5) is 27.3. The second kappa shape index (κ2) is 7.68. The molecule has 1 aromatic carbocycles. The van der Waals surface area contributed by atoms with Crippen molar-refractivity contribution in [3.8, 4) is 11.5 Å². The molecule has 24 heavy (non-hydrogen) atoms. The van der Waals surface area contributed by atoms with Gasteiger partial charge in [-0.05, 0) is 50.1 Å². The molecule has 0 aliphatic carbocycles. The zero-order valence-corrected chi connectivity index (χ0v) is 14.3. The number of rotatable bonds is 6. The highest BCUT2D eigenvalue weighted by molar-refractivity contribution is 5.99. The van der Waals surface area contributed by atoms with Crippen molar-refractivity contribution in [2.75, 3.05) is 13.7 Å². The molecule has 0 saturated carbocycles. The summed E-state index contributed by atoms with van der Waals surface area (Å²) in [6.07, 6.45) is 0.571. The Balaban J connectivity index is 2.23. The zero-order valence-electron chi connectivity index (χ0n) is 14.3. The summed E-state index contributed by atoms with van der Waals surface area (Å²) in [5.74, 6) is 0.0759. The highest BCUT2D eigenvalue weighted by atomic mass is 16.5. The molecule has 2 rings (SSSR count). The average molecular weight is 331 g/mol. The van der Waals surface area contributed by atoms with Gasteiger partial charge >= 0.3 is 11.9 Å². The Bertz CT molecular complexity index is 731. The van der Waals surface area contributed by atoms with Gasteiger partial charge in [-0.25, -0.2) is 9.59 Å². The van der Waals surface area contributed by atoms with Crippen molar-refractivity contribution >= 4 is 11.9 Å². The van der Waals surface area contributed by atoms with E-state index in [9.17, 15) is 9.59 Å². The summed E-state index contributed by atoms with van der Waals surface area (Å²) in [6, 6.07) is 6.77. The van der Waals surface area contributed by atoms with Crippen molar-refractivity contribution in [2.45, 2.75) is 27.2 Å². The van der Waals surface area contributed by atoms with E-state index in [2.05, 4.69) is 4.98 Å². The van der Waals surface area contributed by atoms with Crippen LogP contribution in [-0.2, 0) is 11.2 Å². The van der Waals surface area contributed by atoms with Crippen LogP contribution in [0.2, 0.25) is 0 Å². The van der Waals surface area contributed by atoms with Gasteiger partial charge in [-0.15, -0.1) is 0 Å². The number of ether oxygens (including phenoxy) is 3. The van der Waals surface area contributed by atoms with Gasteiger partial charge in [-0.1, -0.05) is 6.92 Å². The van der Waals surface area contributed by atoms with E-state index >= 15 is 0 Å². The monoisotopic (exact) mass is 331 g/mol. The molecule has 0 fully saturated rings. The minimum Gasteiger partial charge on any atom is -0.494 e. The molecule has 0 atom stereocenters. The number of benzene rings is 1.